The molecule has 26 heavy (non-hydrogen) atoms. The Labute approximate surface area is 154 Å². The number of nitrogens with zero attached hydrogens (tertiary/aromatic N) is 1. The van der Waals surface area contributed by atoms with Gasteiger partial charge in [0.15, 0.2) is 11.5 Å². The predicted molar refractivity (Wildman–Crippen MR) is 100 cm³/mol. The second-order valence-corrected chi connectivity index (χ2v) is 5.55. The minimum Gasteiger partial charge on any atom is -0.490 e. The van der Waals surface area contributed by atoms with Crippen LogP contribution in [0.2, 0.25) is 0 Å². The van der Waals surface area contributed by atoms with Crippen LogP contribution in [0.4, 0.5) is 0 Å². The molecule has 1 N–H and O–H groups in total. The van der Waals surface area contributed by atoms with Crippen molar-refractivity contribution >= 4 is 5.91 Å². The summed E-state index contributed by atoms with van der Waals surface area (Å²) in [5.41, 5.74) is 1.24. The van der Waals surface area contributed by atoms with Gasteiger partial charge in [-0.05, 0) is 52.0 Å². The van der Waals surface area contributed by atoms with Crippen molar-refractivity contribution in [3.05, 3.63) is 47.8 Å². The molecule has 2 rings (SSSR count). The molecule has 140 valence electrons. The van der Waals surface area contributed by atoms with Crippen LogP contribution in [-0.4, -0.2) is 30.7 Å². The molecule has 0 spiro atoms. The van der Waals surface area contributed by atoms with Crippen molar-refractivity contribution in [3.63, 3.8) is 0 Å². The Bertz CT molecular complexity index is 692. The third-order valence-corrected chi connectivity index (χ3v) is 3.65. The molecule has 1 aromatic carbocycles. The van der Waals surface area contributed by atoms with E-state index in [1.165, 1.54) is 0 Å². The maximum Gasteiger partial charge on any atom is 0.252 e. The smallest absolute Gasteiger partial charge is 0.252 e. The lowest BCUT2D eigenvalue weighted by molar-refractivity contribution is 0.0938. The summed E-state index contributed by atoms with van der Waals surface area (Å²) < 4.78 is 17.0. The molecule has 1 amide bonds. The second kappa shape index (κ2) is 9.65. The highest BCUT2D eigenvalue weighted by molar-refractivity contribution is 5.95. The van der Waals surface area contributed by atoms with Gasteiger partial charge in [-0.2, -0.15) is 0 Å². The van der Waals surface area contributed by atoms with Crippen molar-refractivity contribution in [3.8, 4) is 17.2 Å². The first-order chi connectivity index (χ1) is 12.6. The number of amides is 1. The van der Waals surface area contributed by atoms with E-state index in [2.05, 4.69) is 10.3 Å². The van der Waals surface area contributed by atoms with E-state index in [0.29, 0.717) is 42.6 Å². The monoisotopic (exact) mass is 358 g/mol. The third-order valence-electron chi connectivity index (χ3n) is 3.65. The molecule has 6 nitrogen and oxygen atoms in total. The number of rotatable bonds is 9. The third kappa shape index (κ3) is 4.88. The first-order valence-electron chi connectivity index (χ1n) is 8.88. The van der Waals surface area contributed by atoms with E-state index in [9.17, 15) is 4.79 Å². The lowest BCUT2D eigenvalue weighted by Crippen LogP contribution is -2.27. The molecule has 1 atom stereocenters. The Morgan fingerprint density at radius 2 is 1.65 bits per heavy atom. The van der Waals surface area contributed by atoms with Crippen LogP contribution < -0.4 is 19.5 Å². The van der Waals surface area contributed by atoms with E-state index in [0.717, 1.165) is 5.69 Å². The zero-order chi connectivity index (χ0) is 18.9. The van der Waals surface area contributed by atoms with Gasteiger partial charge in [-0.15, -0.1) is 0 Å². The van der Waals surface area contributed by atoms with Crippen molar-refractivity contribution in [2.45, 2.75) is 33.7 Å². The van der Waals surface area contributed by atoms with Crippen molar-refractivity contribution < 1.29 is 19.0 Å². The number of hydrogen-bond donors (Lipinski definition) is 1. The Kier molecular flexibility index (Phi) is 7.26. The maximum atomic E-state index is 12.7. The minimum atomic E-state index is -0.229. The zero-order valence-corrected chi connectivity index (χ0v) is 15.7. The summed E-state index contributed by atoms with van der Waals surface area (Å²) in [5.74, 6) is 1.28. The zero-order valence-electron chi connectivity index (χ0n) is 15.7. The molecule has 0 saturated carbocycles. The predicted octanol–water partition coefficient (Wildman–Crippen LogP) is 3.77. The Morgan fingerprint density at radius 3 is 2.15 bits per heavy atom. The molecule has 0 aliphatic carbocycles. The van der Waals surface area contributed by atoms with E-state index in [1.54, 1.807) is 18.3 Å². The summed E-state index contributed by atoms with van der Waals surface area (Å²) >= 11 is 0. The van der Waals surface area contributed by atoms with E-state index >= 15 is 0 Å². The van der Waals surface area contributed by atoms with E-state index in [-0.39, 0.29) is 11.9 Å². The summed E-state index contributed by atoms with van der Waals surface area (Å²) in [6.45, 7) is 8.94. The second-order valence-electron chi connectivity index (χ2n) is 5.55. The first-order valence-corrected chi connectivity index (χ1v) is 8.88. The van der Waals surface area contributed by atoms with Gasteiger partial charge in [-0.3, -0.25) is 9.78 Å². The normalized spacial score (nSPS) is 11.5. The molecular weight excluding hydrogens is 332 g/mol. The van der Waals surface area contributed by atoms with Gasteiger partial charge in [0, 0.05) is 11.8 Å². The first kappa shape index (κ1) is 19.6. The molecule has 0 saturated heterocycles. The van der Waals surface area contributed by atoms with Crippen LogP contribution in [0.5, 0.6) is 17.2 Å². The van der Waals surface area contributed by atoms with Gasteiger partial charge >= 0.3 is 0 Å². The minimum absolute atomic E-state index is 0.221. The Morgan fingerprint density at radius 1 is 1.04 bits per heavy atom. The van der Waals surface area contributed by atoms with Crippen LogP contribution in [0.3, 0.4) is 0 Å². The summed E-state index contributed by atoms with van der Waals surface area (Å²) in [6, 6.07) is 8.74. The van der Waals surface area contributed by atoms with Crippen LogP contribution in [0, 0.1) is 0 Å². The standard InChI is InChI=1S/C20H26N2O4/c1-5-24-17-12-15(13-18(25-6-2)19(17)26-7-3)20(23)22-14(4)16-10-8-9-11-21-16/h8-14H,5-7H2,1-4H3,(H,22,23)/t14-/m0/s1. The van der Waals surface area contributed by atoms with Crippen molar-refractivity contribution in [1.29, 1.82) is 0 Å². The molecule has 0 bridgehead atoms. The lowest BCUT2D eigenvalue weighted by atomic mass is 10.1. The molecule has 0 unspecified atom stereocenters. The quantitative estimate of drug-likeness (QED) is 0.739. The maximum absolute atomic E-state index is 12.7. The fourth-order valence-electron chi connectivity index (χ4n) is 2.51. The van der Waals surface area contributed by atoms with Gasteiger partial charge < -0.3 is 19.5 Å². The molecule has 2 aromatic rings. The van der Waals surface area contributed by atoms with Crippen molar-refractivity contribution in [2.24, 2.45) is 0 Å². The van der Waals surface area contributed by atoms with Crippen LogP contribution in [-0.2, 0) is 0 Å². The highest BCUT2D eigenvalue weighted by Gasteiger charge is 2.19. The van der Waals surface area contributed by atoms with Gasteiger partial charge in [0.1, 0.15) is 0 Å². The van der Waals surface area contributed by atoms with Crippen LogP contribution in [0.15, 0.2) is 36.5 Å². The molecule has 1 aromatic heterocycles. The lowest BCUT2D eigenvalue weighted by Gasteiger charge is -2.18. The SMILES string of the molecule is CCOc1cc(C(=O)N[C@@H](C)c2ccccn2)cc(OCC)c1OCC. The number of pyridine rings is 1. The number of aromatic nitrogens is 1. The molecule has 0 aliphatic heterocycles. The largest absolute Gasteiger partial charge is 0.490 e. The number of carbonyl (C=O) groups excluding carboxylic acids is 1. The average molecular weight is 358 g/mol. The van der Waals surface area contributed by atoms with E-state index in [1.807, 2.05) is 45.9 Å². The van der Waals surface area contributed by atoms with Crippen LogP contribution >= 0.6 is 0 Å². The average Bonchev–Trinajstić information content (AvgIpc) is 2.65. The molecule has 0 fully saturated rings. The van der Waals surface area contributed by atoms with E-state index in [4.69, 9.17) is 14.2 Å². The number of hydrogen-bond acceptors (Lipinski definition) is 5. The molecule has 6 heteroatoms. The van der Waals surface area contributed by atoms with Gasteiger partial charge in [-0.25, -0.2) is 0 Å². The summed E-state index contributed by atoms with van der Waals surface area (Å²) in [7, 11) is 0. The molecular formula is C20H26N2O4. The fraction of sp³-hybridized carbons (Fsp3) is 0.400. The summed E-state index contributed by atoms with van der Waals surface area (Å²) in [6.07, 6.45) is 1.70. The van der Waals surface area contributed by atoms with Gasteiger partial charge in [0.2, 0.25) is 5.75 Å². The number of carbonyl (C=O) groups is 1. The van der Waals surface area contributed by atoms with E-state index < -0.39 is 0 Å². The fourth-order valence-corrected chi connectivity index (χ4v) is 2.51. The highest BCUT2D eigenvalue weighted by Crippen LogP contribution is 2.39. The number of ether oxygens (including phenoxy) is 3. The summed E-state index contributed by atoms with van der Waals surface area (Å²) in [4.78, 5) is 17.0. The molecule has 0 radical (unpaired) electrons. The summed E-state index contributed by atoms with van der Waals surface area (Å²) in [5, 5.41) is 2.95. The topological polar surface area (TPSA) is 69.7 Å². The van der Waals surface area contributed by atoms with Gasteiger partial charge in [0.25, 0.3) is 5.91 Å². The number of benzene rings is 1. The van der Waals surface area contributed by atoms with Gasteiger partial charge in [0.05, 0.1) is 31.6 Å². The van der Waals surface area contributed by atoms with Gasteiger partial charge in [-0.1, -0.05) is 6.07 Å². The highest BCUT2D eigenvalue weighted by atomic mass is 16.5. The van der Waals surface area contributed by atoms with Crippen LogP contribution in [0.25, 0.3) is 0 Å². The van der Waals surface area contributed by atoms with Crippen LogP contribution in [0.1, 0.15) is 49.8 Å². The van der Waals surface area contributed by atoms with Crippen molar-refractivity contribution in [2.75, 3.05) is 19.8 Å². The Hall–Kier alpha value is -2.76. The number of nitrogens with one attached hydrogen (secondary N) is 1. The van der Waals surface area contributed by atoms with Crippen molar-refractivity contribution in [1.82, 2.24) is 10.3 Å². The Balaban J connectivity index is 2.30. The molecule has 1 heterocycles. The molecule has 0 aliphatic rings.